The number of carbonyl (C=O) groups is 1. The third-order valence-electron chi connectivity index (χ3n) is 3.15. The highest BCUT2D eigenvalue weighted by atomic mass is 16.1. The van der Waals surface area contributed by atoms with Crippen LogP contribution in [-0.2, 0) is 17.8 Å². The number of fused-ring (bicyclic) bond motifs is 1. The van der Waals surface area contributed by atoms with E-state index in [9.17, 15) is 4.79 Å². The van der Waals surface area contributed by atoms with Gasteiger partial charge in [0.2, 0.25) is 0 Å². The molecule has 4 nitrogen and oxygen atoms in total. The molecule has 1 aromatic heterocycles. The lowest BCUT2D eigenvalue weighted by Crippen LogP contribution is -2.25. The van der Waals surface area contributed by atoms with Crippen molar-refractivity contribution in [3.05, 3.63) is 42.7 Å². The van der Waals surface area contributed by atoms with Crippen LogP contribution in [0.3, 0.4) is 0 Å². The summed E-state index contributed by atoms with van der Waals surface area (Å²) in [5, 5.41) is 3.04. The van der Waals surface area contributed by atoms with E-state index in [1.165, 1.54) is 0 Å². The number of ketones is 1. The fraction of sp³-hybridized carbons (Fsp3) is 0.375. The van der Waals surface area contributed by atoms with Crippen molar-refractivity contribution in [3.63, 3.8) is 0 Å². The average Bonchev–Trinajstić information content (AvgIpc) is 2.78. The summed E-state index contributed by atoms with van der Waals surface area (Å²) in [5.74, 6) is 1.01. The van der Waals surface area contributed by atoms with Gasteiger partial charge in [0.05, 0.1) is 24.0 Å². The number of hydrogen-bond donors (Lipinski definition) is 1. The predicted molar refractivity (Wildman–Crippen MR) is 81.8 cm³/mol. The Labute approximate surface area is 119 Å². The van der Waals surface area contributed by atoms with Crippen molar-refractivity contribution in [1.29, 1.82) is 0 Å². The molecule has 0 atom stereocenters. The second kappa shape index (κ2) is 7.01. The van der Waals surface area contributed by atoms with E-state index in [0.29, 0.717) is 19.5 Å². The maximum absolute atomic E-state index is 12.0. The Balaban J connectivity index is 2.17. The molecular weight excluding hydrogens is 250 g/mol. The minimum atomic E-state index is 0.152. The molecule has 2 aromatic rings. The quantitative estimate of drug-likeness (QED) is 0.592. The van der Waals surface area contributed by atoms with Crippen molar-refractivity contribution in [2.75, 3.05) is 13.1 Å². The second-order valence-corrected chi connectivity index (χ2v) is 4.80. The second-order valence-electron chi connectivity index (χ2n) is 4.80. The van der Waals surface area contributed by atoms with E-state index in [2.05, 4.69) is 34.4 Å². The summed E-state index contributed by atoms with van der Waals surface area (Å²) < 4.78 is 2.15. The van der Waals surface area contributed by atoms with Crippen molar-refractivity contribution in [3.8, 4) is 0 Å². The third kappa shape index (κ3) is 3.33. The van der Waals surface area contributed by atoms with Crippen LogP contribution in [0.2, 0.25) is 0 Å². The number of hydrogen-bond acceptors (Lipinski definition) is 3. The molecule has 20 heavy (non-hydrogen) atoms. The summed E-state index contributed by atoms with van der Waals surface area (Å²) in [6, 6.07) is 8.03. The van der Waals surface area contributed by atoms with Crippen LogP contribution >= 0.6 is 0 Å². The number of aryl methyl sites for hydroxylation is 1. The van der Waals surface area contributed by atoms with Crippen molar-refractivity contribution in [2.45, 2.75) is 26.3 Å². The highest BCUT2D eigenvalue weighted by Crippen LogP contribution is 2.17. The van der Waals surface area contributed by atoms with Crippen LogP contribution in [0.5, 0.6) is 0 Å². The standard InChI is InChI=1S/C16H21N3O/c1-3-9-17-12-13(20)11-16-18-14-7-5-6-8-15(14)19(16)10-4-2/h3,5-8,17H,1,4,9-12H2,2H3. The summed E-state index contributed by atoms with van der Waals surface area (Å²) >= 11 is 0. The Hall–Kier alpha value is -1.94. The molecule has 0 aliphatic carbocycles. The fourth-order valence-corrected chi connectivity index (χ4v) is 2.29. The molecule has 1 N–H and O–H groups in total. The summed E-state index contributed by atoms with van der Waals surface area (Å²) in [5.41, 5.74) is 2.07. The van der Waals surface area contributed by atoms with Gasteiger partial charge in [-0.25, -0.2) is 4.98 Å². The Bertz CT molecular complexity index is 601. The topological polar surface area (TPSA) is 46.9 Å². The van der Waals surface area contributed by atoms with E-state index in [1.54, 1.807) is 6.08 Å². The summed E-state index contributed by atoms with van der Waals surface area (Å²) in [7, 11) is 0. The lowest BCUT2D eigenvalue weighted by atomic mass is 10.2. The first kappa shape index (κ1) is 14.5. The molecule has 1 heterocycles. The number of para-hydroxylation sites is 2. The third-order valence-corrected chi connectivity index (χ3v) is 3.15. The SMILES string of the molecule is C=CCNCC(=O)Cc1nc2ccccc2n1CCC. The predicted octanol–water partition coefficient (Wildman–Crippen LogP) is 2.33. The van der Waals surface area contributed by atoms with Gasteiger partial charge in [-0.05, 0) is 18.6 Å². The van der Waals surface area contributed by atoms with Gasteiger partial charge in [0.1, 0.15) is 5.82 Å². The Morgan fingerprint density at radius 1 is 1.45 bits per heavy atom. The highest BCUT2D eigenvalue weighted by Gasteiger charge is 2.13. The Morgan fingerprint density at radius 3 is 3.00 bits per heavy atom. The van der Waals surface area contributed by atoms with Crippen LogP contribution in [-0.4, -0.2) is 28.4 Å². The molecule has 0 saturated carbocycles. The molecule has 0 spiro atoms. The van der Waals surface area contributed by atoms with Gasteiger partial charge in [-0.3, -0.25) is 4.79 Å². The van der Waals surface area contributed by atoms with Crippen LogP contribution in [0.25, 0.3) is 11.0 Å². The van der Waals surface area contributed by atoms with Gasteiger partial charge in [0.25, 0.3) is 0 Å². The zero-order valence-corrected chi connectivity index (χ0v) is 11.9. The molecule has 0 radical (unpaired) electrons. The Morgan fingerprint density at radius 2 is 2.25 bits per heavy atom. The van der Waals surface area contributed by atoms with Crippen molar-refractivity contribution in [1.82, 2.24) is 14.9 Å². The molecule has 1 aromatic carbocycles. The fourth-order valence-electron chi connectivity index (χ4n) is 2.29. The smallest absolute Gasteiger partial charge is 0.154 e. The normalized spacial score (nSPS) is 10.8. The minimum Gasteiger partial charge on any atom is -0.328 e. The number of imidazole rings is 1. The van der Waals surface area contributed by atoms with E-state index >= 15 is 0 Å². The van der Waals surface area contributed by atoms with Gasteiger partial charge in [-0.15, -0.1) is 6.58 Å². The van der Waals surface area contributed by atoms with Gasteiger partial charge in [-0.1, -0.05) is 25.1 Å². The number of benzene rings is 1. The molecule has 0 aliphatic rings. The van der Waals surface area contributed by atoms with E-state index in [-0.39, 0.29) is 5.78 Å². The van der Waals surface area contributed by atoms with Gasteiger partial charge >= 0.3 is 0 Å². The zero-order valence-electron chi connectivity index (χ0n) is 11.9. The molecule has 2 rings (SSSR count). The monoisotopic (exact) mass is 271 g/mol. The first-order chi connectivity index (χ1) is 9.76. The van der Waals surface area contributed by atoms with Gasteiger partial charge < -0.3 is 9.88 Å². The zero-order chi connectivity index (χ0) is 14.4. The van der Waals surface area contributed by atoms with E-state index in [4.69, 9.17) is 0 Å². The van der Waals surface area contributed by atoms with Crippen LogP contribution in [0, 0.1) is 0 Å². The molecular formula is C16H21N3O. The molecule has 4 heteroatoms. The number of nitrogens with one attached hydrogen (secondary N) is 1. The van der Waals surface area contributed by atoms with Crippen LogP contribution < -0.4 is 5.32 Å². The molecule has 0 aliphatic heterocycles. The average molecular weight is 271 g/mol. The molecule has 0 fully saturated rings. The van der Waals surface area contributed by atoms with E-state index in [1.807, 2.05) is 18.2 Å². The van der Waals surface area contributed by atoms with Gasteiger partial charge in [0, 0.05) is 13.1 Å². The maximum atomic E-state index is 12.0. The molecule has 0 amide bonds. The number of nitrogens with zero attached hydrogens (tertiary/aromatic N) is 2. The minimum absolute atomic E-state index is 0.152. The molecule has 0 bridgehead atoms. The number of rotatable bonds is 8. The van der Waals surface area contributed by atoms with Gasteiger partial charge in [0.15, 0.2) is 5.78 Å². The van der Waals surface area contributed by atoms with Crippen molar-refractivity contribution in [2.24, 2.45) is 0 Å². The van der Waals surface area contributed by atoms with Crippen LogP contribution in [0.1, 0.15) is 19.2 Å². The van der Waals surface area contributed by atoms with Gasteiger partial charge in [-0.2, -0.15) is 0 Å². The lowest BCUT2D eigenvalue weighted by Gasteiger charge is -2.07. The molecule has 0 unspecified atom stereocenters. The molecule has 106 valence electrons. The lowest BCUT2D eigenvalue weighted by molar-refractivity contribution is -0.117. The molecule has 0 saturated heterocycles. The highest BCUT2D eigenvalue weighted by molar-refractivity contribution is 5.84. The number of Topliss-reactive ketones (excluding diaryl/α,β-unsaturated/α-hetero) is 1. The van der Waals surface area contributed by atoms with E-state index in [0.717, 1.165) is 29.8 Å². The van der Waals surface area contributed by atoms with Crippen LogP contribution in [0.4, 0.5) is 0 Å². The first-order valence-electron chi connectivity index (χ1n) is 7.03. The Kier molecular flexibility index (Phi) is 5.07. The number of aromatic nitrogens is 2. The summed E-state index contributed by atoms with van der Waals surface area (Å²) in [6.07, 6.45) is 3.15. The largest absolute Gasteiger partial charge is 0.328 e. The van der Waals surface area contributed by atoms with Crippen molar-refractivity contribution < 1.29 is 4.79 Å². The first-order valence-corrected chi connectivity index (χ1v) is 7.03. The van der Waals surface area contributed by atoms with E-state index < -0.39 is 0 Å². The number of carbonyl (C=O) groups excluding carboxylic acids is 1. The van der Waals surface area contributed by atoms with Crippen molar-refractivity contribution >= 4 is 16.8 Å². The van der Waals surface area contributed by atoms with Crippen LogP contribution in [0.15, 0.2) is 36.9 Å². The summed E-state index contributed by atoms with van der Waals surface area (Å²) in [4.78, 5) is 16.6. The maximum Gasteiger partial charge on any atom is 0.154 e. The summed E-state index contributed by atoms with van der Waals surface area (Å²) in [6.45, 7) is 7.65.